The minimum absolute atomic E-state index is 0.0436. The number of aliphatic hydroxyl groups is 2. The maximum absolute atomic E-state index is 9.66. The fourth-order valence-corrected chi connectivity index (χ4v) is 2.57. The molecule has 0 aromatic heterocycles. The molecule has 0 saturated heterocycles. The molecule has 0 aliphatic rings. The molecule has 0 rings (SSSR count). The van der Waals surface area contributed by atoms with Crippen LogP contribution in [-0.4, -0.2) is 21.9 Å². The van der Waals surface area contributed by atoms with E-state index in [-0.39, 0.29) is 13.0 Å². The first kappa shape index (κ1) is 19.2. The van der Waals surface area contributed by atoms with Crippen molar-refractivity contribution in [2.75, 3.05) is 6.61 Å². The van der Waals surface area contributed by atoms with Crippen molar-refractivity contribution in [3.8, 4) is 0 Å². The van der Waals surface area contributed by atoms with Gasteiger partial charge in [0.15, 0.2) is 0 Å². The summed E-state index contributed by atoms with van der Waals surface area (Å²) in [5.41, 5.74) is 0. The predicted molar refractivity (Wildman–Crippen MR) is 83.6 cm³/mol. The highest BCUT2D eigenvalue weighted by Crippen LogP contribution is 2.23. The molecule has 0 aromatic carbocycles. The summed E-state index contributed by atoms with van der Waals surface area (Å²) in [6, 6.07) is 0. The molecule has 116 valence electrons. The lowest BCUT2D eigenvalue weighted by molar-refractivity contribution is 0.0830. The first-order valence-corrected chi connectivity index (χ1v) is 8.52. The fraction of sp³-hybridized carbons (Fsp3) is 1.00. The summed E-state index contributed by atoms with van der Waals surface area (Å²) in [6.07, 6.45) is 15.1. The lowest BCUT2D eigenvalue weighted by atomic mass is 10.0. The third-order valence-electron chi connectivity index (χ3n) is 3.66. The fourth-order valence-electron chi connectivity index (χ4n) is 2.36. The maximum Gasteiger partial charge on any atom is 0.140 e. The van der Waals surface area contributed by atoms with Crippen LogP contribution in [0.1, 0.15) is 90.4 Å². The molecule has 0 fully saturated rings. The Balaban J connectivity index is 3.14. The quantitative estimate of drug-likeness (QED) is 0.349. The summed E-state index contributed by atoms with van der Waals surface area (Å²) >= 11 is 5.85. The molecule has 0 bridgehead atoms. The highest BCUT2D eigenvalue weighted by Gasteiger charge is 2.21. The van der Waals surface area contributed by atoms with Gasteiger partial charge in [0.25, 0.3) is 0 Å². The van der Waals surface area contributed by atoms with Crippen molar-refractivity contribution < 1.29 is 10.2 Å². The summed E-state index contributed by atoms with van der Waals surface area (Å²) in [5, 5.41) is 17.2. The number of rotatable bonds is 14. The van der Waals surface area contributed by atoms with E-state index in [1.54, 1.807) is 0 Å². The zero-order chi connectivity index (χ0) is 14.4. The summed E-state index contributed by atoms with van der Waals surface area (Å²) in [6.45, 7) is 2.21. The molecule has 0 aromatic rings. The lowest BCUT2D eigenvalue weighted by Crippen LogP contribution is -2.21. The van der Waals surface area contributed by atoms with Crippen LogP contribution in [0.15, 0.2) is 0 Å². The van der Waals surface area contributed by atoms with E-state index in [1.165, 1.54) is 57.8 Å². The van der Waals surface area contributed by atoms with Gasteiger partial charge < -0.3 is 10.2 Å². The van der Waals surface area contributed by atoms with Crippen LogP contribution in [0.5, 0.6) is 0 Å². The van der Waals surface area contributed by atoms with Gasteiger partial charge in [-0.1, -0.05) is 82.7 Å². The van der Waals surface area contributed by atoms with E-state index in [0.29, 0.717) is 6.42 Å². The molecule has 0 saturated carbocycles. The smallest absolute Gasteiger partial charge is 0.140 e. The van der Waals surface area contributed by atoms with Gasteiger partial charge in [0.05, 0.1) is 0 Å². The van der Waals surface area contributed by atoms with E-state index in [2.05, 4.69) is 6.92 Å². The second-order valence-corrected chi connectivity index (χ2v) is 6.38. The van der Waals surface area contributed by atoms with Crippen molar-refractivity contribution in [2.24, 2.45) is 0 Å². The number of alkyl halides is 1. The van der Waals surface area contributed by atoms with Crippen molar-refractivity contribution >= 4 is 11.6 Å². The molecule has 0 spiro atoms. The topological polar surface area (TPSA) is 40.5 Å². The van der Waals surface area contributed by atoms with Crippen molar-refractivity contribution in [1.82, 2.24) is 0 Å². The Morgan fingerprint density at radius 3 is 1.58 bits per heavy atom. The SMILES string of the molecule is CCCCCCCCCCCCCC(O)(Cl)CCO. The van der Waals surface area contributed by atoms with Gasteiger partial charge in [-0.3, -0.25) is 0 Å². The molecular formula is C16H33ClO2. The zero-order valence-electron chi connectivity index (χ0n) is 12.7. The molecule has 3 heteroatoms. The van der Waals surface area contributed by atoms with Gasteiger partial charge in [-0.15, -0.1) is 0 Å². The molecule has 0 radical (unpaired) electrons. The summed E-state index contributed by atoms with van der Waals surface area (Å²) in [7, 11) is 0. The Morgan fingerprint density at radius 2 is 1.16 bits per heavy atom. The Morgan fingerprint density at radius 1 is 0.737 bits per heavy atom. The highest BCUT2D eigenvalue weighted by molar-refractivity contribution is 6.22. The van der Waals surface area contributed by atoms with Crippen LogP contribution in [-0.2, 0) is 0 Å². The standard InChI is InChI=1S/C16H33ClO2/c1-2-3-4-5-6-7-8-9-10-11-12-13-16(17,19)14-15-18/h18-19H,2-15H2,1H3. The molecule has 19 heavy (non-hydrogen) atoms. The van der Waals surface area contributed by atoms with Crippen LogP contribution in [0, 0.1) is 0 Å². The molecule has 0 aliphatic carbocycles. The molecule has 2 N–H and O–H groups in total. The van der Waals surface area contributed by atoms with E-state index in [9.17, 15) is 5.11 Å². The Bertz CT molecular complexity index is 184. The number of halogens is 1. The molecular weight excluding hydrogens is 260 g/mol. The monoisotopic (exact) mass is 292 g/mol. The maximum atomic E-state index is 9.66. The van der Waals surface area contributed by atoms with Crippen LogP contribution in [0.25, 0.3) is 0 Å². The highest BCUT2D eigenvalue weighted by atomic mass is 35.5. The lowest BCUT2D eigenvalue weighted by Gasteiger charge is -2.19. The summed E-state index contributed by atoms with van der Waals surface area (Å²) < 4.78 is 0. The van der Waals surface area contributed by atoms with Crippen molar-refractivity contribution in [3.63, 3.8) is 0 Å². The van der Waals surface area contributed by atoms with Gasteiger partial charge in [-0.25, -0.2) is 0 Å². The Labute approximate surface area is 124 Å². The molecule has 1 unspecified atom stereocenters. The van der Waals surface area contributed by atoms with E-state index >= 15 is 0 Å². The Hall–Kier alpha value is 0.210. The van der Waals surface area contributed by atoms with Crippen LogP contribution >= 0.6 is 11.6 Å². The van der Waals surface area contributed by atoms with Gasteiger partial charge >= 0.3 is 0 Å². The van der Waals surface area contributed by atoms with Crippen LogP contribution in [0.4, 0.5) is 0 Å². The van der Waals surface area contributed by atoms with Gasteiger partial charge in [0, 0.05) is 13.0 Å². The van der Waals surface area contributed by atoms with Crippen LogP contribution in [0.2, 0.25) is 0 Å². The number of aliphatic hydroxyl groups excluding tert-OH is 1. The van der Waals surface area contributed by atoms with Gasteiger partial charge in [-0.05, 0) is 12.8 Å². The van der Waals surface area contributed by atoms with Gasteiger partial charge in [0.2, 0.25) is 0 Å². The van der Waals surface area contributed by atoms with E-state index in [4.69, 9.17) is 16.7 Å². The number of hydrogen-bond acceptors (Lipinski definition) is 2. The second-order valence-electron chi connectivity index (χ2n) is 5.68. The minimum atomic E-state index is -1.19. The Kier molecular flexibility index (Phi) is 13.4. The second kappa shape index (κ2) is 13.2. The van der Waals surface area contributed by atoms with E-state index in [0.717, 1.165) is 12.8 Å². The van der Waals surface area contributed by atoms with Crippen LogP contribution in [0.3, 0.4) is 0 Å². The first-order chi connectivity index (χ1) is 9.12. The molecule has 1 atom stereocenters. The number of unbranched alkanes of at least 4 members (excludes halogenated alkanes) is 10. The predicted octanol–water partition coefficient (Wildman–Crippen LogP) is 5.00. The molecule has 2 nitrogen and oxygen atoms in total. The first-order valence-electron chi connectivity index (χ1n) is 8.14. The normalized spacial score (nSPS) is 14.5. The zero-order valence-corrected chi connectivity index (χ0v) is 13.4. The number of hydrogen-bond donors (Lipinski definition) is 2. The summed E-state index contributed by atoms with van der Waals surface area (Å²) in [5.74, 6) is 0. The molecule has 0 amide bonds. The summed E-state index contributed by atoms with van der Waals surface area (Å²) in [4.78, 5) is 0. The minimum Gasteiger partial charge on any atom is -0.396 e. The average molecular weight is 293 g/mol. The molecule has 0 aliphatic heterocycles. The van der Waals surface area contributed by atoms with E-state index in [1.807, 2.05) is 0 Å². The average Bonchev–Trinajstić information content (AvgIpc) is 2.36. The molecule has 0 heterocycles. The third kappa shape index (κ3) is 14.4. The van der Waals surface area contributed by atoms with Crippen molar-refractivity contribution in [1.29, 1.82) is 0 Å². The van der Waals surface area contributed by atoms with Crippen molar-refractivity contribution in [2.45, 2.75) is 95.5 Å². The van der Waals surface area contributed by atoms with E-state index < -0.39 is 5.06 Å². The van der Waals surface area contributed by atoms with Gasteiger partial charge in [-0.2, -0.15) is 0 Å². The largest absolute Gasteiger partial charge is 0.396 e. The van der Waals surface area contributed by atoms with Gasteiger partial charge in [0.1, 0.15) is 5.06 Å². The van der Waals surface area contributed by atoms with Crippen LogP contribution < -0.4 is 0 Å². The third-order valence-corrected chi connectivity index (χ3v) is 4.04. The van der Waals surface area contributed by atoms with Crippen molar-refractivity contribution in [3.05, 3.63) is 0 Å².